The first-order chi connectivity index (χ1) is 13.3. The number of methoxy groups -OCH3 is 1. The fourth-order valence-electron chi connectivity index (χ4n) is 2.56. The number of amides is 1. The molecule has 2 N–H and O–H groups in total. The van der Waals surface area contributed by atoms with Gasteiger partial charge in [0.2, 0.25) is 15.9 Å². The number of aromatic nitrogens is 1. The van der Waals surface area contributed by atoms with Crippen LogP contribution in [-0.2, 0) is 21.9 Å². The molecule has 10 heteroatoms. The molecule has 1 heterocycles. The summed E-state index contributed by atoms with van der Waals surface area (Å²) in [5.41, 5.74) is 1.24. The van der Waals surface area contributed by atoms with Gasteiger partial charge in [0.25, 0.3) is 0 Å². The summed E-state index contributed by atoms with van der Waals surface area (Å²) in [4.78, 5) is 23.4. The molecular formula is C18H19N3O6S. The second kappa shape index (κ2) is 7.87. The maximum atomic E-state index is 12.4. The van der Waals surface area contributed by atoms with E-state index in [1.165, 1.54) is 29.8 Å². The molecule has 0 atom stereocenters. The highest BCUT2D eigenvalue weighted by Gasteiger charge is 2.17. The first kappa shape index (κ1) is 19.6. The molecule has 9 nitrogen and oxygen atoms in total. The van der Waals surface area contributed by atoms with Crippen molar-refractivity contribution in [3.05, 3.63) is 53.0 Å². The topological polar surface area (TPSA) is 120 Å². The zero-order chi connectivity index (χ0) is 20.3. The van der Waals surface area contributed by atoms with Crippen molar-refractivity contribution >= 4 is 32.7 Å². The third kappa shape index (κ3) is 4.24. The lowest BCUT2D eigenvalue weighted by Gasteiger charge is -2.08. The number of aryl methyl sites for hydroxylation is 1. The molecule has 0 bridgehead atoms. The summed E-state index contributed by atoms with van der Waals surface area (Å²) in [5, 5.41) is 2.67. The molecular weight excluding hydrogens is 386 g/mol. The van der Waals surface area contributed by atoms with Crippen molar-refractivity contribution in [2.75, 3.05) is 19.0 Å². The number of ether oxygens (including phenoxy) is 1. The highest BCUT2D eigenvalue weighted by atomic mass is 32.2. The van der Waals surface area contributed by atoms with Crippen molar-refractivity contribution < 1.29 is 22.4 Å². The Hall–Kier alpha value is -3.11. The van der Waals surface area contributed by atoms with Crippen LogP contribution in [0, 0.1) is 0 Å². The Kier molecular flexibility index (Phi) is 5.52. The molecule has 1 amide bonds. The third-order valence-electron chi connectivity index (χ3n) is 4.09. The van der Waals surface area contributed by atoms with E-state index in [2.05, 4.69) is 10.0 Å². The van der Waals surface area contributed by atoms with Gasteiger partial charge < -0.3 is 14.5 Å². The van der Waals surface area contributed by atoms with Crippen LogP contribution in [0.25, 0.3) is 11.1 Å². The molecule has 0 unspecified atom stereocenters. The van der Waals surface area contributed by atoms with E-state index in [1.807, 2.05) is 0 Å². The molecule has 28 heavy (non-hydrogen) atoms. The van der Waals surface area contributed by atoms with Crippen LogP contribution < -0.4 is 20.5 Å². The minimum Gasteiger partial charge on any atom is -0.497 e. The molecule has 3 aromatic rings. The van der Waals surface area contributed by atoms with Gasteiger partial charge in [-0.15, -0.1) is 0 Å². The number of hydrogen-bond donors (Lipinski definition) is 2. The van der Waals surface area contributed by atoms with Crippen molar-refractivity contribution in [1.82, 2.24) is 9.29 Å². The van der Waals surface area contributed by atoms with Crippen molar-refractivity contribution in [1.29, 1.82) is 0 Å². The van der Waals surface area contributed by atoms with Crippen molar-refractivity contribution in [3.8, 4) is 5.75 Å². The lowest BCUT2D eigenvalue weighted by molar-refractivity contribution is -0.116. The van der Waals surface area contributed by atoms with Gasteiger partial charge in [0, 0.05) is 31.8 Å². The van der Waals surface area contributed by atoms with Gasteiger partial charge in [-0.2, -0.15) is 0 Å². The molecule has 3 rings (SSSR count). The van der Waals surface area contributed by atoms with Crippen LogP contribution in [0.5, 0.6) is 5.75 Å². The monoisotopic (exact) mass is 405 g/mol. The van der Waals surface area contributed by atoms with E-state index < -0.39 is 15.8 Å². The quantitative estimate of drug-likeness (QED) is 0.614. The Bertz CT molecular complexity index is 1160. The zero-order valence-corrected chi connectivity index (χ0v) is 16.1. The number of anilines is 1. The summed E-state index contributed by atoms with van der Waals surface area (Å²) < 4.78 is 38.5. The van der Waals surface area contributed by atoms with Gasteiger partial charge in [-0.05, 0) is 36.4 Å². The smallest absolute Gasteiger partial charge is 0.419 e. The van der Waals surface area contributed by atoms with Crippen LogP contribution in [0.4, 0.5) is 5.69 Å². The maximum Gasteiger partial charge on any atom is 0.419 e. The first-order valence-electron chi connectivity index (χ1n) is 8.33. The highest BCUT2D eigenvalue weighted by Crippen LogP contribution is 2.18. The first-order valence-corrected chi connectivity index (χ1v) is 9.81. The predicted molar refractivity (Wildman–Crippen MR) is 103 cm³/mol. The van der Waals surface area contributed by atoms with Gasteiger partial charge >= 0.3 is 5.76 Å². The predicted octanol–water partition coefficient (Wildman–Crippen LogP) is 1.45. The number of carbonyl (C=O) groups is 1. The molecule has 2 aromatic carbocycles. The average Bonchev–Trinajstić information content (AvgIpc) is 2.95. The standard InChI is InChI=1S/C18H19N3O6S/c1-21-15-8-7-14(11-16(15)27-18(21)23)28(24,25)19-10-9-17(22)20-12-3-5-13(26-2)6-4-12/h3-8,11,19H,9-10H2,1-2H3,(H,20,22). The lowest BCUT2D eigenvalue weighted by Crippen LogP contribution is -2.27. The molecule has 0 spiro atoms. The zero-order valence-electron chi connectivity index (χ0n) is 15.3. The van der Waals surface area contributed by atoms with E-state index in [4.69, 9.17) is 9.15 Å². The summed E-state index contributed by atoms with van der Waals surface area (Å²) >= 11 is 0. The van der Waals surface area contributed by atoms with E-state index >= 15 is 0 Å². The van der Waals surface area contributed by atoms with E-state index in [9.17, 15) is 18.0 Å². The minimum atomic E-state index is -3.85. The Balaban J connectivity index is 1.60. The van der Waals surface area contributed by atoms with Crippen LogP contribution in [0.15, 0.2) is 56.6 Å². The number of fused-ring (bicyclic) bond motifs is 1. The fraction of sp³-hybridized carbons (Fsp3) is 0.222. The van der Waals surface area contributed by atoms with Gasteiger partial charge in [0.05, 0.1) is 17.5 Å². The summed E-state index contributed by atoms with van der Waals surface area (Å²) in [6.07, 6.45) is -0.0477. The Labute approximate surface area is 161 Å². The summed E-state index contributed by atoms with van der Waals surface area (Å²) in [6, 6.07) is 10.9. The second-order valence-corrected chi connectivity index (χ2v) is 7.75. The third-order valence-corrected chi connectivity index (χ3v) is 5.55. The molecule has 148 valence electrons. The molecule has 0 saturated carbocycles. The van der Waals surface area contributed by atoms with Crippen LogP contribution in [0.3, 0.4) is 0 Å². The Morgan fingerprint density at radius 2 is 1.89 bits per heavy atom. The second-order valence-electron chi connectivity index (χ2n) is 5.98. The average molecular weight is 405 g/mol. The van der Waals surface area contributed by atoms with E-state index in [0.29, 0.717) is 17.0 Å². The summed E-state index contributed by atoms with van der Waals surface area (Å²) in [7, 11) is -0.776. The molecule has 0 aliphatic heterocycles. The maximum absolute atomic E-state index is 12.4. The van der Waals surface area contributed by atoms with Crippen molar-refractivity contribution in [3.63, 3.8) is 0 Å². The summed E-state index contributed by atoms with van der Waals surface area (Å²) in [6.45, 7) is -0.0822. The van der Waals surface area contributed by atoms with E-state index in [0.717, 1.165) is 0 Å². The lowest BCUT2D eigenvalue weighted by atomic mass is 10.3. The number of oxazole rings is 1. The number of sulfonamides is 1. The van der Waals surface area contributed by atoms with Crippen molar-refractivity contribution in [2.24, 2.45) is 7.05 Å². The number of rotatable bonds is 7. The number of carbonyl (C=O) groups excluding carboxylic acids is 1. The molecule has 0 fully saturated rings. The normalized spacial score (nSPS) is 11.5. The van der Waals surface area contributed by atoms with Gasteiger partial charge in [0.1, 0.15) is 5.75 Å². The van der Waals surface area contributed by atoms with Crippen LogP contribution >= 0.6 is 0 Å². The number of nitrogens with one attached hydrogen (secondary N) is 2. The van der Waals surface area contributed by atoms with Crippen molar-refractivity contribution in [2.45, 2.75) is 11.3 Å². The van der Waals surface area contributed by atoms with Crippen LogP contribution in [0.1, 0.15) is 6.42 Å². The molecule has 1 aromatic heterocycles. The summed E-state index contributed by atoms with van der Waals surface area (Å²) in [5.74, 6) is -0.248. The van der Waals surface area contributed by atoms with E-state index in [1.54, 1.807) is 31.4 Å². The largest absolute Gasteiger partial charge is 0.497 e. The Morgan fingerprint density at radius 3 is 2.57 bits per heavy atom. The minimum absolute atomic E-state index is 0.0477. The van der Waals surface area contributed by atoms with Gasteiger partial charge in [-0.25, -0.2) is 17.9 Å². The molecule has 0 saturated heterocycles. The molecule has 0 radical (unpaired) electrons. The highest BCUT2D eigenvalue weighted by molar-refractivity contribution is 7.89. The number of nitrogens with zero attached hydrogens (tertiary/aromatic N) is 1. The van der Waals surface area contributed by atoms with Gasteiger partial charge in [-0.3, -0.25) is 9.36 Å². The van der Waals surface area contributed by atoms with Crippen LogP contribution in [-0.4, -0.2) is 32.5 Å². The van der Waals surface area contributed by atoms with Gasteiger partial charge in [-0.1, -0.05) is 0 Å². The van der Waals surface area contributed by atoms with Gasteiger partial charge in [0.15, 0.2) is 5.58 Å². The fourth-order valence-corrected chi connectivity index (χ4v) is 3.61. The van der Waals surface area contributed by atoms with E-state index in [-0.39, 0.29) is 29.4 Å². The molecule has 0 aliphatic carbocycles. The Morgan fingerprint density at radius 1 is 1.18 bits per heavy atom. The number of hydrogen-bond acceptors (Lipinski definition) is 6. The number of benzene rings is 2. The SMILES string of the molecule is COc1ccc(NC(=O)CCNS(=O)(=O)c2ccc3c(c2)oc(=O)n3C)cc1. The molecule has 0 aliphatic rings. The van der Waals surface area contributed by atoms with Crippen LogP contribution in [0.2, 0.25) is 0 Å².